The zero-order valence-electron chi connectivity index (χ0n) is 75.2. The zero-order chi connectivity index (χ0) is 82.9. The van der Waals surface area contributed by atoms with Gasteiger partial charge in [0.2, 0.25) is 0 Å². The molecule has 0 aromatic rings. The number of hydrogen-bond acceptors (Lipinski definition) is 16. The highest BCUT2D eigenvalue weighted by Crippen LogP contribution is 2.39. The molecular weight excluding hydrogens is 1450 g/mol. The lowest BCUT2D eigenvalue weighted by atomic mass is 10.0. The average Bonchev–Trinajstić information content (AvgIpc) is 0.907. The molecule has 0 fully saturated rings. The van der Waals surface area contributed by atoms with E-state index < -0.39 is 53.0 Å². The van der Waals surface area contributed by atoms with Gasteiger partial charge >= 0.3 is 23.9 Å². The Bertz CT molecular complexity index is 2000. The Morgan fingerprint density at radius 2 is 0.402 bits per heavy atom. The predicted octanol–water partition coefficient (Wildman–Crippen LogP) is 25.9. The highest BCUT2D eigenvalue weighted by Gasteiger charge is 2.24. The van der Waals surface area contributed by atoms with Crippen molar-refractivity contribution in [3.63, 3.8) is 0 Å². The van der Waals surface area contributed by atoms with E-state index in [2.05, 4.69) is 27.7 Å². The number of rotatable bonds is 88. The summed E-state index contributed by atoms with van der Waals surface area (Å²) >= 11 is 0. The number of quaternary nitrogens is 2. The fourth-order valence-corrected chi connectivity index (χ4v) is 15.2. The van der Waals surface area contributed by atoms with Gasteiger partial charge in [-0.25, -0.2) is 0 Å². The molecule has 0 saturated heterocycles. The fraction of sp³-hybridized carbons (Fsp3) is 0.957. The maximum atomic E-state index is 12.7. The molecule has 0 bridgehead atoms. The maximum absolute atomic E-state index is 12.7. The van der Waals surface area contributed by atoms with E-state index in [1.165, 1.54) is 334 Å². The molecule has 0 aliphatic carbocycles. The second-order valence-corrected chi connectivity index (χ2v) is 37.8. The first kappa shape index (κ1) is 112. The van der Waals surface area contributed by atoms with Crippen LogP contribution in [0.15, 0.2) is 0 Å². The van der Waals surface area contributed by atoms with E-state index in [0.717, 1.165) is 64.2 Å². The van der Waals surface area contributed by atoms with Crippen molar-refractivity contribution in [2.45, 2.75) is 477 Å². The number of phosphoric ester groups is 2. The number of carbonyl (C=O) groups is 4. The number of nitrogens with zero attached hydrogens (tertiary/aromatic N) is 2. The first-order chi connectivity index (χ1) is 54.0. The number of unbranched alkanes of at least 4 members (excludes halogenated alkanes) is 60. The molecule has 2 unspecified atom stereocenters. The maximum Gasteiger partial charge on any atom is 0.306 e. The van der Waals surface area contributed by atoms with Crippen molar-refractivity contribution in [3.8, 4) is 0 Å². The predicted molar refractivity (Wildman–Crippen MR) is 463 cm³/mol. The zero-order valence-corrected chi connectivity index (χ0v) is 77.0. The molecule has 0 spiro atoms. The highest BCUT2D eigenvalue weighted by atomic mass is 31.2. The average molecular weight is 1640 g/mol. The summed E-state index contributed by atoms with van der Waals surface area (Å²) in [4.78, 5) is 75.2. The van der Waals surface area contributed by atoms with Crippen LogP contribution in [0.2, 0.25) is 0 Å². The number of phosphoric acid groups is 2. The van der Waals surface area contributed by atoms with Crippen LogP contribution >= 0.6 is 15.6 Å². The normalized spacial score (nSPS) is 13.5. The summed E-state index contributed by atoms with van der Waals surface area (Å²) in [5.74, 6) is -1.63. The Morgan fingerprint density at radius 1 is 0.241 bits per heavy atom. The van der Waals surface area contributed by atoms with Crippen molar-refractivity contribution in [1.29, 1.82) is 0 Å². The van der Waals surface area contributed by atoms with Gasteiger partial charge in [0.05, 0.1) is 55.5 Å². The van der Waals surface area contributed by atoms with Crippen LogP contribution in [0.25, 0.3) is 0 Å². The molecule has 0 heterocycles. The van der Waals surface area contributed by atoms with E-state index in [4.69, 9.17) is 37.0 Å². The lowest BCUT2D eigenvalue weighted by Gasteiger charge is -2.28. The monoisotopic (exact) mass is 1640 g/mol. The van der Waals surface area contributed by atoms with Crippen LogP contribution in [0.1, 0.15) is 464 Å². The minimum atomic E-state index is -4.62. The second-order valence-electron chi connectivity index (χ2n) is 35.0. The number of likely N-dealkylation sites (N-methyl/N-ethyl adjacent to an activating group) is 2. The third-order valence-corrected chi connectivity index (χ3v) is 23.2. The largest absolute Gasteiger partial charge is 0.756 e. The second kappa shape index (κ2) is 82.7. The Balaban J connectivity index is 0. The quantitative estimate of drug-likeness (QED) is 0.0181. The Morgan fingerprint density at radius 3 is 0.571 bits per heavy atom. The number of esters is 4. The molecule has 18 nitrogen and oxygen atoms in total. The Hall–Kier alpha value is -1.98. The van der Waals surface area contributed by atoms with Crippen LogP contribution in [0.4, 0.5) is 0 Å². The molecule has 0 N–H and O–H groups in total. The van der Waals surface area contributed by atoms with Gasteiger partial charge in [-0.3, -0.25) is 28.3 Å². The summed E-state index contributed by atoms with van der Waals surface area (Å²) in [6, 6.07) is 0. The summed E-state index contributed by atoms with van der Waals surface area (Å²) in [6.45, 7) is 8.55. The molecule has 0 aromatic carbocycles. The molecule has 0 aliphatic rings. The molecule has 112 heavy (non-hydrogen) atoms. The number of carbonyl (C=O) groups excluding carboxylic acids is 4. The van der Waals surface area contributed by atoms with Crippen LogP contribution in [0.3, 0.4) is 0 Å². The van der Waals surface area contributed by atoms with Crippen LogP contribution in [-0.4, -0.2) is 140 Å². The molecule has 668 valence electrons. The highest BCUT2D eigenvalue weighted by molar-refractivity contribution is 7.46. The first-order valence-corrected chi connectivity index (χ1v) is 50.4. The van der Waals surface area contributed by atoms with Gasteiger partial charge in [0.15, 0.2) is 12.2 Å². The molecule has 0 rings (SSSR count). The van der Waals surface area contributed by atoms with Crippen LogP contribution in [0, 0.1) is 0 Å². The fourth-order valence-electron chi connectivity index (χ4n) is 13.8. The van der Waals surface area contributed by atoms with Gasteiger partial charge in [0.1, 0.15) is 39.5 Å². The van der Waals surface area contributed by atoms with Gasteiger partial charge in [-0.05, 0) is 25.7 Å². The third kappa shape index (κ3) is 91.9. The molecule has 4 atom stereocenters. The Labute approximate surface area is 691 Å². The molecule has 0 radical (unpaired) electrons. The van der Waals surface area contributed by atoms with Crippen molar-refractivity contribution in [1.82, 2.24) is 0 Å². The lowest BCUT2D eigenvalue weighted by molar-refractivity contribution is -0.870. The smallest absolute Gasteiger partial charge is 0.306 e. The number of ether oxygens (including phenoxy) is 4. The van der Waals surface area contributed by atoms with E-state index >= 15 is 0 Å². The SMILES string of the molecule is CCCCCCCCCCCCCCCCCCC(=O)OC[C@H](COP(=O)([O-])OCC[N+](C)(C)C)OC(=O)CCCCCCCCCCCCCCCCCC.CCCCCCCCCCCCCCCCCCC(=O)OC[C@H](COP(=O)([O-])OCC[N+](C)(C)C)OC(=O)CCCCCCCCCCCCCCCCCC. The van der Waals surface area contributed by atoms with Gasteiger partial charge in [0.25, 0.3) is 15.6 Å². The van der Waals surface area contributed by atoms with E-state index in [0.29, 0.717) is 34.9 Å². The van der Waals surface area contributed by atoms with Crippen LogP contribution in [-0.2, 0) is 65.4 Å². The molecule has 0 aliphatic heterocycles. The molecule has 0 amide bonds. The van der Waals surface area contributed by atoms with Crippen molar-refractivity contribution < 1.29 is 84.1 Å². The van der Waals surface area contributed by atoms with E-state index in [-0.39, 0.29) is 64.0 Å². The van der Waals surface area contributed by atoms with E-state index in [1.807, 2.05) is 42.3 Å². The van der Waals surface area contributed by atoms with Crippen molar-refractivity contribution in [2.75, 3.05) is 95.0 Å². The Kier molecular flexibility index (Phi) is 82.8. The van der Waals surface area contributed by atoms with Crippen molar-refractivity contribution in [2.24, 2.45) is 0 Å². The molecular formula is C92H184N2O16P2. The van der Waals surface area contributed by atoms with Crippen molar-refractivity contribution >= 4 is 39.5 Å². The van der Waals surface area contributed by atoms with Crippen LogP contribution in [0.5, 0.6) is 0 Å². The summed E-state index contributed by atoms with van der Waals surface area (Å²) in [5.41, 5.74) is 0. The summed E-state index contributed by atoms with van der Waals surface area (Å²) in [6.07, 6.45) is 79.5. The van der Waals surface area contributed by atoms with Gasteiger partial charge in [0, 0.05) is 25.7 Å². The molecule has 0 saturated carbocycles. The standard InChI is InChI=1S/2C46H92NO8P/c2*1-6-8-10-12-14-16-18-20-22-24-26-28-30-32-34-36-38-45(48)52-42-44(43-54-56(50,51)53-41-40-47(3,4)5)55-46(49)39-37-35-33-31-29-27-25-23-21-19-17-15-13-11-9-7-2/h2*44H,6-43H2,1-5H3/t2*44-/m11/s1. The third-order valence-electron chi connectivity index (χ3n) is 21.3. The van der Waals surface area contributed by atoms with Gasteiger partial charge < -0.3 is 55.8 Å². The van der Waals surface area contributed by atoms with Gasteiger partial charge in [-0.15, -0.1) is 0 Å². The minimum Gasteiger partial charge on any atom is -0.756 e. The summed E-state index contributed by atoms with van der Waals surface area (Å²) < 4.78 is 68.0. The number of hydrogen-bond donors (Lipinski definition) is 0. The topological polar surface area (TPSA) is 222 Å². The van der Waals surface area contributed by atoms with Gasteiger partial charge in [-0.1, -0.05) is 413 Å². The van der Waals surface area contributed by atoms with E-state index in [9.17, 15) is 38.1 Å². The summed E-state index contributed by atoms with van der Waals surface area (Å²) in [5, 5.41) is 0. The van der Waals surface area contributed by atoms with E-state index in [1.54, 1.807) is 0 Å². The minimum absolute atomic E-state index is 0.0255. The van der Waals surface area contributed by atoms with Crippen molar-refractivity contribution in [3.05, 3.63) is 0 Å². The van der Waals surface area contributed by atoms with Crippen LogP contribution < -0.4 is 9.79 Å². The molecule has 0 aromatic heterocycles. The lowest BCUT2D eigenvalue weighted by Crippen LogP contribution is -2.37. The first-order valence-electron chi connectivity index (χ1n) is 47.5. The van der Waals surface area contributed by atoms with Gasteiger partial charge in [-0.2, -0.15) is 0 Å². The molecule has 20 heteroatoms. The summed E-state index contributed by atoms with van der Waals surface area (Å²) in [7, 11) is 2.37.